The van der Waals surface area contributed by atoms with Crippen LogP contribution in [0.4, 0.5) is 4.79 Å². The molecule has 1 saturated heterocycles. The second kappa shape index (κ2) is 6.20. The number of amides is 2. The van der Waals surface area contributed by atoms with Gasteiger partial charge in [0.1, 0.15) is 0 Å². The van der Waals surface area contributed by atoms with Gasteiger partial charge in [-0.3, -0.25) is 0 Å². The SMILES string of the molecule is CNCCCN1CC(c2ccc(Br)cc2)NC1=O. The standard InChI is InChI=1S/C13H18BrN3O/c1-15-7-2-8-17-9-12(16-13(17)18)10-3-5-11(14)6-4-10/h3-6,12,15H,2,7-9H2,1H3,(H,16,18). The molecule has 1 aliphatic rings. The molecule has 5 heteroatoms. The third-order valence-electron chi connectivity index (χ3n) is 3.12. The molecule has 4 nitrogen and oxygen atoms in total. The van der Waals surface area contributed by atoms with Gasteiger partial charge >= 0.3 is 6.03 Å². The van der Waals surface area contributed by atoms with Crippen molar-refractivity contribution >= 4 is 22.0 Å². The predicted octanol–water partition coefficient (Wildman–Crippen LogP) is 2.12. The number of carbonyl (C=O) groups is 1. The Kier molecular flexibility index (Phi) is 4.60. The van der Waals surface area contributed by atoms with E-state index in [1.807, 2.05) is 36.2 Å². The molecular weight excluding hydrogens is 294 g/mol. The summed E-state index contributed by atoms with van der Waals surface area (Å²) in [5.41, 5.74) is 1.16. The van der Waals surface area contributed by atoms with Crippen LogP contribution in [0.15, 0.2) is 28.7 Å². The molecule has 0 bridgehead atoms. The first-order chi connectivity index (χ1) is 8.70. The molecule has 2 N–H and O–H groups in total. The first kappa shape index (κ1) is 13.4. The molecule has 18 heavy (non-hydrogen) atoms. The third kappa shape index (κ3) is 3.23. The predicted molar refractivity (Wildman–Crippen MR) is 75.5 cm³/mol. The lowest BCUT2D eigenvalue weighted by atomic mass is 10.1. The molecule has 1 fully saturated rings. The quantitative estimate of drug-likeness (QED) is 0.818. The van der Waals surface area contributed by atoms with Crippen LogP contribution in [0, 0.1) is 0 Å². The van der Waals surface area contributed by atoms with E-state index in [1.54, 1.807) is 0 Å². The molecule has 1 aliphatic heterocycles. The van der Waals surface area contributed by atoms with Gasteiger partial charge in [-0.15, -0.1) is 0 Å². The fourth-order valence-electron chi connectivity index (χ4n) is 2.11. The van der Waals surface area contributed by atoms with Crippen LogP contribution in [0.3, 0.4) is 0 Å². The summed E-state index contributed by atoms with van der Waals surface area (Å²) < 4.78 is 1.06. The Balaban J connectivity index is 1.93. The summed E-state index contributed by atoms with van der Waals surface area (Å²) in [6.07, 6.45) is 0.983. The molecule has 0 aromatic heterocycles. The Bertz CT molecular complexity index is 407. The van der Waals surface area contributed by atoms with E-state index in [0.29, 0.717) is 0 Å². The lowest BCUT2D eigenvalue weighted by Gasteiger charge is -2.14. The highest BCUT2D eigenvalue weighted by Crippen LogP contribution is 2.22. The topological polar surface area (TPSA) is 44.4 Å². The van der Waals surface area contributed by atoms with Crippen LogP contribution in [0.5, 0.6) is 0 Å². The number of hydrogen-bond acceptors (Lipinski definition) is 2. The van der Waals surface area contributed by atoms with Crippen LogP contribution < -0.4 is 10.6 Å². The van der Waals surface area contributed by atoms with E-state index in [9.17, 15) is 4.79 Å². The average Bonchev–Trinajstić information content (AvgIpc) is 2.72. The van der Waals surface area contributed by atoms with Crippen LogP contribution >= 0.6 is 15.9 Å². The summed E-state index contributed by atoms with van der Waals surface area (Å²) in [7, 11) is 1.93. The van der Waals surface area contributed by atoms with E-state index < -0.39 is 0 Å². The van der Waals surface area contributed by atoms with Crippen molar-refractivity contribution in [3.8, 4) is 0 Å². The zero-order valence-corrected chi connectivity index (χ0v) is 12.0. The van der Waals surface area contributed by atoms with Gasteiger partial charge in [-0.2, -0.15) is 0 Å². The Hall–Kier alpha value is -1.07. The largest absolute Gasteiger partial charge is 0.329 e. The number of rotatable bonds is 5. The molecular formula is C13H18BrN3O. The summed E-state index contributed by atoms with van der Waals surface area (Å²) in [6, 6.07) is 8.26. The fourth-order valence-corrected chi connectivity index (χ4v) is 2.38. The van der Waals surface area contributed by atoms with Crippen molar-refractivity contribution in [3.05, 3.63) is 34.3 Å². The monoisotopic (exact) mass is 311 g/mol. The highest BCUT2D eigenvalue weighted by Gasteiger charge is 2.28. The van der Waals surface area contributed by atoms with Crippen LogP contribution in [-0.4, -0.2) is 37.6 Å². The Labute approximate surface area is 116 Å². The van der Waals surface area contributed by atoms with E-state index in [1.165, 1.54) is 0 Å². The summed E-state index contributed by atoms with van der Waals surface area (Å²) in [6.45, 7) is 2.50. The van der Waals surface area contributed by atoms with Gasteiger partial charge in [0.25, 0.3) is 0 Å². The van der Waals surface area contributed by atoms with E-state index in [-0.39, 0.29) is 12.1 Å². The third-order valence-corrected chi connectivity index (χ3v) is 3.64. The van der Waals surface area contributed by atoms with Gasteiger partial charge in [-0.25, -0.2) is 4.79 Å². The summed E-state index contributed by atoms with van der Waals surface area (Å²) >= 11 is 3.42. The van der Waals surface area contributed by atoms with Gasteiger partial charge < -0.3 is 15.5 Å². The van der Waals surface area contributed by atoms with E-state index in [4.69, 9.17) is 0 Å². The molecule has 2 rings (SSSR count). The second-order valence-electron chi connectivity index (χ2n) is 4.46. The summed E-state index contributed by atoms with van der Waals surface area (Å²) in [4.78, 5) is 13.7. The highest BCUT2D eigenvalue weighted by molar-refractivity contribution is 9.10. The van der Waals surface area contributed by atoms with Crippen molar-refractivity contribution < 1.29 is 4.79 Å². The number of benzene rings is 1. The molecule has 0 saturated carbocycles. The number of nitrogens with zero attached hydrogens (tertiary/aromatic N) is 1. The maximum atomic E-state index is 11.8. The average molecular weight is 312 g/mol. The minimum Gasteiger partial charge on any atom is -0.329 e. The van der Waals surface area contributed by atoms with Crippen LogP contribution in [0.25, 0.3) is 0 Å². The first-order valence-corrected chi connectivity index (χ1v) is 6.95. The van der Waals surface area contributed by atoms with E-state index >= 15 is 0 Å². The minimum atomic E-state index is 0.0408. The molecule has 1 atom stereocenters. The molecule has 1 aromatic carbocycles. The summed E-state index contributed by atoms with van der Waals surface area (Å²) in [5, 5.41) is 6.11. The van der Waals surface area contributed by atoms with Crippen molar-refractivity contribution in [2.24, 2.45) is 0 Å². The minimum absolute atomic E-state index is 0.0408. The number of hydrogen-bond donors (Lipinski definition) is 2. The maximum Gasteiger partial charge on any atom is 0.318 e. The van der Waals surface area contributed by atoms with Crippen molar-refractivity contribution in [1.82, 2.24) is 15.5 Å². The first-order valence-electron chi connectivity index (χ1n) is 6.16. The highest BCUT2D eigenvalue weighted by atomic mass is 79.9. The summed E-state index contributed by atoms with van der Waals surface area (Å²) in [5.74, 6) is 0. The Morgan fingerprint density at radius 2 is 2.17 bits per heavy atom. The van der Waals surface area contributed by atoms with Gasteiger partial charge in [0.05, 0.1) is 6.04 Å². The van der Waals surface area contributed by atoms with Crippen LogP contribution in [0.2, 0.25) is 0 Å². The molecule has 0 aliphatic carbocycles. The Morgan fingerprint density at radius 1 is 1.44 bits per heavy atom. The molecule has 98 valence electrons. The molecule has 1 heterocycles. The normalized spacial score (nSPS) is 19.1. The number of urea groups is 1. The smallest absolute Gasteiger partial charge is 0.318 e. The second-order valence-corrected chi connectivity index (χ2v) is 5.37. The van der Waals surface area contributed by atoms with Crippen LogP contribution in [0.1, 0.15) is 18.0 Å². The molecule has 0 radical (unpaired) electrons. The number of halogens is 1. The van der Waals surface area contributed by atoms with E-state index in [2.05, 4.69) is 26.6 Å². The van der Waals surface area contributed by atoms with Crippen molar-refractivity contribution in [2.75, 3.05) is 26.7 Å². The fraction of sp³-hybridized carbons (Fsp3) is 0.462. The van der Waals surface area contributed by atoms with Crippen molar-refractivity contribution in [1.29, 1.82) is 0 Å². The van der Waals surface area contributed by atoms with Crippen molar-refractivity contribution in [2.45, 2.75) is 12.5 Å². The zero-order valence-electron chi connectivity index (χ0n) is 10.4. The molecule has 1 unspecified atom stereocenters. The van der Waals surface area contributed by atoms with Gasteiger partial charge in [0, 0.05) is 17.6 Å². The zero-order chi connectivity index (χ0) is 13.0. The van der Waals surface area contributed by atoms with Crippen LogP contribution in [-0.2, 0) is 0 Å². The van der Waals surface area contributed by atoms with Gasteiger partial charge in [0.2, 0.25) is 0 Å². The number of nitrogens with one attached hydrogen (secondary N) is 2. The van der Waals surface area contributed by atoms with Crippen molar-refractivity contribution in [3.63, 3.8) is 0 Å². The van der Waals surface area contributed by atoms with Gasteiger partial charge in [0.15, 0.2) is 0 Å². The maximum absolute atomic E-state index is 11.8. The molecule has 0 spiro atoms. The molecule has 2 amide bonds. The Morgan fingerprint density at radius 3 is 2.83 bits per heavy atom. The number of carbonyl (C=O) groups excluding carboxylic acids is 1. The van der Waals surface area contributed by atoms with Gasteiger partial charge in [-0.05, 0) is 37.7 Å². The van der Waals surface area contributed by atoms with Gasteiger partial charge in [-0.1, -0.05) is 28.1 Å². The lowest BCUT2D eigenvalue weighted by Crippen LogP contribution is -2.30. The molecule has 1 aromatic rings. The lowest BCUT2D eigenvalue weighted by molar-refractivity contribution is 0.217. The van der Waals surface area contributed by atoms with E-state index in [0.717, 1.165) is 36.1 Å².